The summed E-state index contributed by atoms with van der Waals surface area (Å²) in [5.41, 5.74) is 3.31. The highest BCUT2D eigenvalue weighted by Crippen LogP contribution is 2.35. The van der Waals surface area contributed by atoms with E-state index in [4.69, 9.17) is 0 Å². The molecule has 1 aromatic carbocycles. The van der Waals surface area contributed by atoms with Crippen LogP contribution in [0.25, 0.3) is 11.0 Å². The van der Waals surface area contributed by atoms with Crippen molar-refractivity contribution in [1.29, 1.82) is 0 Å². The van der Waals surface area contributed by atoms with Crippen LogP contribution in [0.1, 0.15) is 29.4 Å². The van der Waals surface area contributed by atoms with Gasteiger partial charge >= 0.3 is 0 Å². The van der Waals surface area contributed by atoms with Crippen molar-refractivity contribution in [1.82, 2.24) is 24.6 Å². The number of H-pyrrole nitrogens is 1. The van der Waals surface area contributed by atoms with Crippen molar-refractivity contribution in [3.8, 4) is 0 Å². The standard InChI is InChI=1S/C17H19N5O/c1-21(14-8-7-11-5-3-4-6-12(11)14)10-15-19-16-13(17(23)20-15)9-18-22(16)2/h3-6,9,14H,7-8,10H2,1-2H3,(H,19,20,23). The van der Waals surface area contributed by atoms with E-state index >= 15 is 0 Å². The predicted molar refractivity (Wildman–Crippen MR) is 88.1 cm³/mol. The Morgan fingerprint density at radius 1 is 1.39 bits per heavy atom. The minimum absolute atomic E-state index is 0.127. The summed E-state index contributed by atoms with van der Waals surface area (Å²) in [5.74, 6) is 0.679. The zero-order chi connectivity index (χ0) is 16.0. The first kappa shape index (κ1) is 14.1. The fourth-order valence-electron chi connectivity index (χ4n) is 3.49. The van der Waals surface area contributed by atoms with E-state index in [1.807, 2.05) is 0 Å². The molecule has 1 N–H and O–H groups in total. The fourth-order valence-corrected chi connectivity index (χ4v) is 3.49. The van der Waals surface area contributed by atoms with Gasteiger partial charge in [-0.05, 0) is 31.0 Å². The Bertz CT molecular complexity index is 926. The molecule has 1 aliphatic rings. The number of aromatic amines is 1. The smallest absolute Gasteiger partial charge is 0.262 e. The molecule has 23 heavy (non-hydrogen) atoms. The van der Waals surface area contributed by atoms with Crippen LogP contribution in [0.4, 0.5) is 0 Å². The van der Waals surface area contributed by atoms with Crippen LogP contribution in [0, 0.1) is 0 Å². The van der Waals surface area contributed by atoms with Gasteiger partial charge in [0.1, 0.15) is 11.2 Å². The Morgan fingerprint density at radius 3 is 3.09 bits per heavy atom. The van der Waals surface area contributed by atoms with Crippen LogP contribution < -0.4 is 5.56 Å². The third kappa shape index (κ3) is 2.35. The van der Waals surface area contributed by atoms with Gasteiger partial charge in [0.05, 0.1) is 12.7 Å². The summed E-state index contributed by atoms with van der Waals surface area (Å²) in [6.07, 6.45) is 3.77. The Hall–Kier alpha value is -2.47. The molecule has 3 aromatic rings. The molecule has 0 saturated heterocycles. The monoisotopic (exact) mass is 309 g/mol. The zero-order valence-corrected chi connectivity index (χ0v) is 13.3. The van der Waals surface area contributed by atoms with Gasteiger partial charge in [0.15, 0.2) is 5.65 Å². The molecule has 0 saturated carbocycles. The Kier molecular flexibility index (Phi) is 3.27. The van der Waals surface area contributed by atoms with E-state index in [2.05, 4.69) is 51.3 Å². The van der Waals surface area contributed by atoms with Gasteiger partial charge in [0.2, 0.25) is 0 Å². The summed E-state index contributed by atoms with van der Waals surface area (Å²) >= 11 is 0. The summed E-state index contributed by atoms with van der Waals surface area (Å²) in [4.78, 5) is 21.8. The molecule has 0 aliphatic heterocycles. The van der Waals surface area contributed by atoms with Crippen molar-refractivity contribution in [2.75, 3.05) is 7.05 Å². The normalized spacial score (nSPS) is 17.1. The van der Waals surface area contributed by atoms with Gasteiger partial charge in [0.25, 0.3) is 5.56 Å². The number of aromatic nitrogens is 4. The molecule has 6 nitrogen and oxygen atoms in total. The first-order chi connectivity index (χ1) is 11.1. The van der Waals surface area contributed by atoms with E-state index in [0.29, 0.717) is 29.4 Å². The number of nitrogens with one attached hydrogen (secondary N) is 1. The van der Waals surface area contributed by atoms with E-state index in [1.165, 1.54) is 11.1 Å². The third-order valence-corrected chi connectivity index (χ3v) is 4.68. The van der Waals surface area contributed by atoms with Crippen molar-refractivity contribution in [2.24, 2.45) is 7.05 Å². The maximum atomic E-state index is 12.1. The zero-order valence-electron chi connectivity index (χ0n) is 13.3. The molecular weight excluding hydrogens is 290 g/mol. The summed E-state index contributed by atoms with van der Waals surface area (Å²) in [6.45, 7) is 0.607. The van der Waals surface area contributed by atoms with Gasteiger partial charge < -0.3 is 4.98 Å². The van der Waals surface area contributed by atoms with Crippen LogP contribution in [0.2, 0.25) is 0 Å². The number of rotatable bonds is 3. The molecule has 0 bridgehead atoms. The molecule has 0 radical (unpaired) electrons. The van der Waals surface area contributed by atoms with Gasteiger partial charge in [-0.3, -0.25) is 14.4 Å². The van der Waals surface area contributed by atoms with Gasteiger partial charge in [0, 0.05) is 13.1 Å². The molecule has 6 heteroatoms. The molecule has 1 atom stereocenters. The van der Waals surface area contributed by atoms with Gasteiger partial charge in [-0.25, -0.2) is 4.98 Å². The molecule has 118 valence electrons. The molecule has 2 heterocycles. The van der Waals surface area contributed by atoms with Crippen LogP contribution in [0.5, 0.6) is 0 Å². The molecule has 0 spiro atoms. The summed E-state index contributed by atoms with van der Waals surface area (Å²) in [7, 11) is 3.88. The number of hydrogen-bond donors (Lipinski definition) is 1. The highest BCUT2D eigenvalue weighted by molar-refractivity contribution is 5.72. The lowest BCUT2D eigenvalue weighted by Gasteiger charge is -2.24. The molecule has 0 amide bonds. The second-order valence-electron chi connectivity index (χ2n) is 6.19. The van der Waals surface area contributed by atoms with Crippen molar-refractivity contribution >= 4 is 11.0 Å². The molecule has 1 aliphatic carbocycles. The Labute approximate surface area is 133 Å². The highest BCUT2D eigenvalue weighted by Gasteiger charge is 2.25. The van der Waals surface area contributed by atoms with Crippen LogP contribution in [-0.2, 0) is 20.0 Å². The quantitative estimate of drug-likeness (QED) is 0.801. The van der Waals surface area contributed by atoms with Gasteiger partial charge in [-0.2, -0.15) is 5.10 Å². The minimum Gasteiger partial charge on any atom is -0.309 e. The molecule has 4 rings (SSSR count). The van der Waals surface area contributed by atoms with E-state index in [1.54, 1.807) is 17.9 Å². The lowest BCUT2D eigenvalue weighted by Crippen LogP contribution is -2.25. The Balaban J connectivity index is 1.63. The number of nitrogens with zero attached hydrogens (tertiary/aromatic N) is 4. The van der Waals surface area contributed by atoms with E-state index in [9.17, 15) is 4.79 Å². The molecule has 2 aromatic heterocycles. The van der Waals surface area contributed by atoms with Crippen LogP contribution in [0.15, 0.2) is 35.3 Å². The first-order valence-electron chi connectivity index (χ1n) is 7.82. The van der Waals surface area contributed by atoms with Crippen molar-refractivity contribution in [3.63, 3.8) is 0 Å². The van der Waals surface area contributed by atoms with Gasteiger partial charge in [-0.1, -0.05) is 24.3 Å². The highest BCUT2D eigenvalue weighted by atomic mass is 16.1. The first-order valence-corrected chi connectivity index (χ1v) is 7.82. The second kappa shape index (κ2) is 5.31. The topological polar surface area (TPSA) is 66.8 Å². The van der Waals surface area contributed by atoms with E-state index < -0.39 is 0 Å². The van der Waals surface area contributed by atoms with Crippen LogP contribution in [0.3, 0.4) is 0 Å². The summed E-state index contributed by atoms with van der Waals surface area (Å²) in [6, 6.07) is 8.96. The average Bonchev–Trinajstić information content (AvgIpc) is 3.12. The lowest BCUT2D eigenvalue weighted by atomic mass is 10.1. The lowest BCUT2D eigenvalue weighted by molar-refractivity contribution is 0.230. The third-order valence-electron chi connectivity index (χ3n) is 4.68. The minimum atomic E-state index is -0.127. The Morgan fingerprint density at radius 2 is 2.22 bits per heavy atom. The SMILES string of the molecule is CN(Cc1nc2c(cnn2C)c(=O)[nH]1)C1CCc2ccccc21. The van der Waals surface area contributed by atoms with Crippen molar-refractivity contribution in [3.05, 3.63) is 57.8 Å². The maximum Gasteiger partial charge on any atom is 0.262 e. The van der Waals surface area contributed by atoms with Gasteiger partial charge in [-0.15, -0.1) is 0 Å². The summed E-state index contributed by atoms with van der Waals surface area (Å²) in [5, 5.41) is 4.64. The predicted octanol–water partition coefficient (Wildman–Crippen LogP) is 1.78. The number of aryl methyl sites for hydroxylation is 2. The number of benzene rings is 1. The maximum absolute atomic E-state index is 12.1. The molecular formula is C17H19N5O. The van der Waals surface area contributed by atoms with Crippen LogP contribution >= 0.6 is 0 Å². The van der Waals surface area contributed by atoms with Crippen LogP contribution in [-0.4, -0.2) is 31.7 Å². The fraction of sp³-hybridized carbons (Fsp3) is 0.353. The van der Waals surface area contributed by atoms with E-state index in [0.717, 1.165) is 12.8 Å². The average molecular weight is 309 g/mol. The largest absolute Gasteiger partial charge is 0.309 e. The molecule has 0 fully saturated rings. The second-order valence-corrected chi connectivity index (χ2v) is 6.19. The van der Waals surface area contributed by atoms with E-state index in [-0.39, 0.29) is 5.56 Å². The number of hydrogen-bond acceptors (Lipinski definition) is 4. The molecule has 1 unspecified atom stereocenters. The number of fused-ring (bicyclic) bond motifs is 2. The summed E-state index contributed by atoms with van der Waals surface area (Å²) < 4.78 is 1.64. The van der Waals surface area contributed by atoms with Crippen molar-refractivity contribution in [2.45, 2.75) is 25.4 Å². The van der Waals surface area contributed by atoms with Crippen molar-refractivity contribution < 1.29 is 0 Å².